The molecule has 8 heavy (non-hydrogen) atoms. The molecule has 1 N–H and O–H groups in total. The Balaban J connectivity index is 3.17. The average molecular weight is 122 g/mol. The molecule has 0 aliphatic heterocycles. The molecule has 2 nitrogen and oxygen atoms in total. The maximum Gasteiger partial charge on any atom is 0.125 e. The highest BCUT2D eigenvalue weighted by Gasteiger charge is 2.10. The van der Waals surface area contributed by atoms with E-state index in [-0.39, 0.29) is 6.61 Å². The minimum absolute atomic E-state index is 0.0671. The Morgan fingerprint density at radius 3 is 2.38 bits per heavy atom. The number of hydrogen-bond donors (Lipinski definition) is 1. The summed E-state index contributed by atoms with van der Waals surface area (Å²) in [7, 11) is 1.42. The van der Waals surface area contributed by atoms with E-state index in [1.165, 1.54) is 14.0 Å². The second kappa shape index (κ2) is 3.80. The summed E-state index contributed by atoms with van der Waals surface area (Å²) in [5, 5.41) is 8.63. The van der Waals surface area contributed by atoms with E-state index in [9.17, 15) is 4.39 Å². The lowest BCUT2D eigenvalue weighted by Gasteiger charge is -2.08. The summed E-state index contributed by atoms with van der Waals surface area (Å²) in [5.74, 6) is 0. The van der Waals surface area contributed by atoms with Crippen LogP contribution in [0.1, 0.15) is 6.92 Å². The number of hydrogen-bond acceptors (Lipinski definition) is 2. The predicted molar refractivity (Wildman–Crippen MR) is 28.5 cm³/mol. The van der Waals surface area contributed by atoms with Gasteiger partial charge < -0.3 is 9.84 Å². The SMILES string of the molecule is COCC(O)C(C)F. The van der Waals surface area contributed by atoms with Crippen molar-refractivity contribution in [2.75, 3.05) is 13.7 Å². The van der Waals surface area contributed by atoms with Crippen molar-refractivity contribution >= 4 is 0 Å². The summed E-state index contributed by atoms with van der Waals surface area (Å²) in [6.07, 6.45) is -2.17. The largest absolute Gasteiger partial charge is 0.388 e. The maximum atomic E-state index is 12.0. The third kappa shape index (κ3) is 2.93. The quantitative estimate of drug-likeness (QED) is 0.585. The first-order chi connectivity index (χ1) is 3.68. The third-order valence-corrected chi connectivity index (χ3v) is 0.868. The molecular formula is C5H11FO2. The van der Waals surface area contributed by atoms with E-state index in [2.05, 4.69) is 4.74 Å². The topological polar surface area (TPSA) is 29.5 Å². The van der Waals surface area contributed by atoms with Crippen LogP contribution in [0.25, 0.3) is 0 Å². The van der Waals surface area contributed by atoms with Crippen LogP contribution in [-0.4, -0.2) is 31.1 Å². The van der Waals surface area contributed by atoms with Crippen LogP contribution in [0.4, 0.5) is 4.39 Å². The smallest absolute Gasteiger partial charge is 0.125 e. The zero-order valence-electron chi connectivity index (χ0n) is 5.10. The molecule has 0 aromatic rings. The summed E-state index contributed by atoms with van der Waals surface area (Å²) in [6.45, 7) is 1.36. The Hall–Kier alpha value is -0.150. The Morgan fingerprint density at radius 2 is 2.25 bits per heavy atom. The molecule has 0 radical (unpaired) electrons. The second-order valence-electron chi connectivity index (χ2n) is 1.70. The van der Waals surface area contributed by atoms with E-state index < -0.39 is 12.3 Å². The number of ether oxygens (including phenoxy) is 1. The van der Waals surface area contributed by atoms with E-state index >= 15 is 0 Å². The van der Waals surface area contributed by atoms with E-state index in [4.69, 9.17) is 5.11 Å². The molecular weight excluding hydrogens is 111 g/mol. The van der Waals surface area contributed by atoms with Gasteiger partial charge in [0.15, 0.2) is 0 Å². The van der Waals surface area contributed by atoms with Crippen molar-refractivity contribution in [3.05, 3.63) is 0 Å². The van der Waals surface area contributed by atoms with Crippen molar-refractivity contribution in [2.45, 2.75) is 19.2 Å². The first-order valence-corrected chi connectivity index (χ1v) is 2.49. The average Bonchev–Trinajstić information content (AvgIpc) is 1.67. The lowest BCUT2D eigenvalue weighted by molar-refractivity contribution is 0.0169. The second-order valence-corrected chi connectivity index (χ2v) is 1.70. The highest BCUT2D eigenvalue weighted by atomic mass is 19.1. The predicted octanol–water partition coefficient (Wildman–Crippen LogP) is 0.352. The molecule has 0 aliphatic carbocycles. The molecule has 0 spiro atoms. The van der Waals surface area contributed by atoms with Crippen LogP contribution in [0.3, 0.4) is 0 Å². The maximum absolute atomic E-state index is 12.0. The van der Waals surface area contributed by atoms with Gasteiger partial charge in [-0.25, -0.2) is 4.39 Å². The summed E-state index contributed by atoms with van der Waals surface area (Å²) in [6, 6.07) is 0. The van der Waals surface area contributed by atoms with Gasteiger partial charge in [0.2, 0.25) is 0 Å². The standard InChI is InChI=1S/C5H11FO2/c1-4(6)5(7)3-8-2/h4-5,7H,3H2,1-2H3. The van der Waals surface area contributed by atoms with Gasteiger partial charge >= 0.3 is 0 Å². The zero-order valence-corrected chi connectivity index (χ0v) is 5.10. The Bertz CT molecular complexity index is 56.4. The summed E-state index contributed by atoms with van der Waals surface area (Å²) in [4.78, 5) is 0. The van der Waals surface area contributed by atoms with Crippen LogP contribution >= 0.6 is 0 Å². The van der Waals surface area contributed by atoms with Crippen molar-refractivity contribution in [3.63, 3.8) is 0 Å². The summed E-state index contributed by atoms with van der Waals surface area (Å²) < 4.78 is 16.4. The molecule has 2 unspecified atom stereocenters. The van der Waals surface area contributed by atoms with Gasteiger partial charge in [0.25, 0.3) is 0 Å². The highest BCUT2D eigenvalue weighted by molar-refractivity contribution is 4.59. The Kier molecular flexibility index (Phi) is 3.73. The van der Waals surface area contributed by atoms with E-state index in [0.29, 0.717) is 0 Å². The van der Waals surface area contributed by atoms with E-state index in [1.54, 1.807) is 0 Å². The normalized spacial score (nSPS) is 18.0. The monoisotopic (exact) mass is 122 g/mol. The van der Waals surface area contributed by atoms with Gasteiger partial charge in [-0.2, -0.15) is 0 Å². The molecule has 0 rings (SSSR count). The number of aliphatic hydroxyl groups excluding tert-OH is 1. The fraction of sp³-hybridized carbons (Fsp3) is 1.00. The van der Waals surface area contributed by atoms with Crippen LogP contribution in [0.2, 0.25) is 0 Å². The van der Waals surface area contributed by atoms with Crippen LogP contribution < -0.4 is 0 Å². The van der Waals surface area contributed by atoms with Crippen molar-refractivity contribution in [3.8, 4) is 0 Å². The minimum Gasteiger partial charge on any atom is -0.388 e. The zero-order chi connectivity index (χ0) is 6.57. The van der Waals surface area contributed by atoms with Crippen molar-refractivity contribution < 1.29 is 14.2 Å². The van der Waals surface area contributed by atoms with Crippen LogP contribution in [0.5, 0.6) is 0 Å². The van der Waals surface area contributed by atoms with Gasteiger partial charge in [-0.05, 0) is 6.92 Å². The molecule has 0 amide bonds. The number of alkyl halides is 1. The third-order valence-electron chi connectivity index (χ3n) is 0.868. The molecule has 0 fully saturated rings. The van der Waals surface area contributed by atoms with Gasteiger partial charge in [0.05, 0.1) is 6.61 Å². The van der Waals surface area contributed by atoms with Crippen molar-refractivity contribution in [2.24, 2.45) is 0 Å². The number of methoxy groups -OCH3 is 1. The van der Waals surface area contributed by atoms with Gasteiger partial charge in [-0.15, -0.1) is 0 Å². The lowest BCUT2D eigenvalue weighted by Crippen LogP contribution is -2.23. The Labute approximate surface area is 48.3 Å². The molecule has 0 bridgehead atoms. The first kappa shape index (κ1) is 7.85. The summed E-state index contributed by atoms with van der Waals surface area (Å²) >= 11 is 0. The van der Waals surface area contributed by atoms with Gasteiger partial charge in [-0.3, -0.25) is 0 Å². The Morgan fingerprint density at radius 1 is 1.75 bits per heavy atom. The van der Waals surface area contributed by atoms with Crippen LogP contribution in [0.15, 0.2) is 0 Å². The molecule has 0 aromatic carbocycles. The fourth-order valence-electron chi connectivity index (χ4n) is 0.303. The molecule has 0 aliphatic rings. The molecule has 0 aromatic heterocycles. The van der Waals surface area contributed by atoms with Crippen LogP contribution in [-0.2, 0) is 4.74 Å². The number of halogens is 1. The van der Waals surface area contributed by atoms with Crippen LogP contribution in [0, 0.1) is 0 Å². The molecule has 0 saturated heterocycles. The fourth-order valence-corrected chi connectivity index (χ4v) is 0.303. The number of rotatable bonds is 3. The van der Waals surface area contributed by atoms with Crippen molar-refractivity contribution in [1.82, 2.24) is 0 Å². The molecule has 3 heteroatoms. The molecule has 2 atom stereocenters. The van der Waals surface area contributed by atoms with Gasteiger partial charge in [0.1, 0.15) is 12.3 Å². The summed E-state index contributed by atoms with van der Waals surface area (Å²) in [5.41, 5.74) is 0. The van der Waals surface area contributed by atoms with E-state index in [0.717, 1.165) is 0 Å². The van der Waals surface area contributed by atoms with E-state index in [1.807, 2.05) is 0 Å². The molecule has 50 valence electrons. The van der Waals surface area contributed by atoms with Gasteiger partial charge in [0, 0.05) is 7.11 Å². The molecule has 0 saturated carbocycles. The highest BCUT2D eigenvalue weighted by Crippen LogP contribution is 1.96. The minimum atomic E-state index is -1.20. The van der Waals surface area contributed by atoms with Crippen molar-refractivity contribution in [1.29, 1.82) is 0 Å². The number of aliphatic hydroxyl groups is 1. The molecule has 0 heterocycles. The first-order valence-electron chi connectivity index (χ1n) is 2.49. The lowest BCUT2D eigenvalue weighted by atomic mass is 10.3. The van der Waals surface area contributed by atoms with Gasteiger partial charge in [-0.1, -0.05) is 0 Å².